The molecule has 1 aromatic rings. The summed E-state index contributed by atoms with van der Waals surface area (Å²) in [4.78, 5) is 15.3. The fourth-order valence-electron chi connectivity index (χ4n) is 0.868. The van der Waals surface area contributed by atoms with Crippen molar-refractivity contribution in [1.29, 1.82) is 0 Å². The topological polar surface area (TPSA) is 68.0 Å². The smallest absolute Gasteiger partial charge is 0.246 e. The van der Waals surface area contributed by atoms with Crippen molar-refractivity contribution < 1.29 is 4.79 Å². The summed E-state index contributed by atoms with van der Waals surface area (Å²) in [6.07, 6.45) is 3.21. The molecular weight excluding hydrogens is 174 g/mol. The van der Waals surface area contributed by atoms with Gasteiger partial charge in [-0.25, -0.2) is 4.98 Å². The molecule has 1 aromatic heterocycles. The van der Waals surface area contributed by atoms with Crippen molar-refractivity contribution in [2.24, 2.45) is 5.73 Å². The highest BCUT2D eigenvalue weighted by molar-refractivity contribution is 7.13. The summed E-state index contributed by atoms with van der Waals surface area (Å²) in [6, 6.07) is 0. The van der Waals surface area contributed by atoms with Crippen LogP contribution in [0.15, 0.2) is 11.6 Å². The average molecular weight is 183 g/mol. The Bertz CT molecular complexity index is 292. The molecule has 64 valence electrons. The van der Waals surface area contributed by atoms with Crippen LogP contribution >= 0.6 is 11.3 Å². The second-order valence-corrected chi connectivity index (χ2v) is 3.84. The first kappa shape index (κ1) is 7.70. The summed E-state index contributed by atoms with van der Waals surface area (Å²) in [5.74, 6) is -0.113. The molecule has 0 aliphatic heterocycles. The van der Waals surface area contributed by atoms with E-state index in [4.69, 9.17) is 5.73 Å². The van der Waals surface area contributed by atoms with E-state index in [-0.39, 0.29) is 5.91 Å². The second kappa shape index (κ2) is 2.53. The van der Waals surface area contributed by atoms with Gasteiger partial charge in [-0.1, -0.05) is 0 Å². The Labute approximate surface area is 73.8 Å². The predicted molar refractivity (Wildman–Crippen MR) is 46.9 cm³/mol. The molecule has 4 nitrogen and oxygen atoms in total. The summed E-state index contributed by atoms with van der Waals surface area (Å²) >= 11 is 1.40. The standard InChI is InChI=1S/C7H9N3OS/c8-7(1-2-7)5(11)10-6-9-3-4-12-6/h3-4H,1-2,8H2,(H,9,10,11). The number of rotatable bonds is 2. The first-order valence-corrected chi connectivity index (χ1v) is 4.58. The van der Waals surface area contributed by atoms with E-state index in [9.17, 15) is 4.79 Å². The summed E-state index contributed by atoms with van der Waals surface area (Å²) in [5, 5.41) is 5.10. The van der Waals surface area contributed by atoms with E-state index in [1.165, 1.54) is 11.3 Å². The highest BCUT2D eigenvalue weighted by Gasteiger charge is 2.46. The maximum absolute atomic E-state index is 11.3. The Morgan fingerprint density at radius 2 is 2.50 bits per heavy atom. The van der Waals surface area contributed by atoms with Gasteiger partial charge in [-0.15, -0.1) is 11.3 Å². The molecule has 1 aliphatic carbocycles. The molecule has 0 spiro atoms. The zero-order valence-corrected chi connectivity index (χ0v) is 7.23. The number of nitrogens with one attached hydrogen (secondary N) is 1. The van der Waals surface area contributed by atoms with Gasteiger partial charge < -0.3 is 11.1 Å². The Morgan fingerprint density at radius 3 is 3.00 bits per heavy atom. The minimum atomic E-state index is -0.605. The van der Waals surface area contributed by atoms with E-state index in [0.717, 1.165) is 12.8 Å². The number of nitrogens with two attached hydrogens (primary N) is 1. The van der Waals surface area contributed by atoms with E-state index < -0.39 is 5.54 Å². The Hall–Kier alpha value is -0.940. The zero-order valence-electron chi connectivity index (χ0n) is 6.41. The minimum absolute atomic E-state index is 0.113. The number of nitrogens with zero attached hydrogens (tertiary/aromatic N) is 1. The Morgan fingerprint density at radius 1 is 1.75 bits per heavy atom. The van der Waals surface area contributed by atoms with Crippen molar-refractivity contribution in [1.82, 2.24) is 4.98 Å². The van der Waals surface area contributed by atoms with Crippen LogP contribution < -0.4 is 11.1 Å². The monoisotopic (exact) mass is 183 g/mol. The van der Waals surface area contributed by atoms with Crippen LogP contribution in [-0.2, 0) is 4.79 Å². The molecule has 1 fully saturated rings. The molecule has 5 heteroatoms. The lowest BCUT2D eigenvalue weighted by Crippen LogP contribution is -2.37. The number of hydrogen-bond donors (Lipinski definition) is 2. The van der Waals surface area contributed by atoms with Crippen LogP contribution in [-0.4, -0.2) is 16.4 Å². The summed E-state index contributed by atoms with van der Waals surface area (Å²) in [6.45, 7) is 0. The lowest BCUT2D eigenvalue weighted by atomic mass is 10.3. The van der Waals surface area contributed by atoms with Gasteiger partial charge >= 0.3 is 0 Å². The molecule has 0 bridgehead atoms. The fraction of sp³-hybridized carbons (Fsp3) is 0.429. The first-order chi connectivity index (χ1) is 5.71. The number of anilines is 1. The van der Waals surface area contributed by atoms with Crippen LogP contribution in [0.3, 0.4) is 0 Å². The Kier molecular flexibility index (Phi) is 1.62. The minimum Gasteiger partial charge on any atom is -0.317 e. The van der Waals surface area contributed by atoms with Crippen LogP contribution in [0.5, 0.6) is 0 Å². The highest BCUT2D eigenvalue weighted by atomic mass is 32.1. The first-order valence-electron chi connectivity index (χ1n) is 3.70. The zero-order chi connectivity index (χ0) is 8.60. The third kappa shape index (κ3) is 1.33. The normalized spacial score (nSPS) is 18.8. The molecular formula is C7H9N3OS. The van der Waals surface area contributed by atoms with Gasteiger partial charge in [0.2, 0.25) is 5.91 Å². The average Bonchev–Trinajstić information content (AvgIpc) is 2.63. The fourth-order valence-corrected chi connectivity index (χ4v) is 1.39. The second-order valence-electron chi connectivity index (χ2n) is 2.95. The van der Waals surface area contributed by atoms with Crippen molar-refractivity contribution in [3.63, 3.8) is 0 Å². The molecule has 1 amide bonds. The van der Waals surface area contributed by atoms with Crippen LogP contribution in [0.25, 0.3) is 0 Å². The quantitative estimate of drug-likeness (QED) is 0.704. The number of carbonyl (C=O) groups is 1. The highest BCUT2D eigenvalue weighted by Crippen LogP contribution is 2.33. The molecule has 0 saturated heterocycles. The van der Waals surface area contributed by atoms with Crippen LogP contribution in [0.4, 0.5) is 5.13 Å². The van der Waals surface area contributed by atoms with Gasteiger partial charge in [0.05, 0.1) is 5.54 Å². The van der Waals surface area contributed by atoms with E-state index in [1.54, 1.807) is 6.20 Å². The number of hydrogen-bond acceptors (Lipinski definition) is 4. The molecule has 0 aromatic carbocycles. The molecule has 0 unspecified atom stereocenters. The molecule has 0 atom stereocenters. The Balaban J connectivity index is 2.00. The van der Waals surface area contributed by atoms with Gasteiger partial charge in [0.15, 0.2) is 5.13 Å². The SMILES string of the molecule is NC1(C(=O)Nc2nccs2)CC1. The van der Waals surface area contributed by atoms with Gasteiger partial charge in [-0.05, 0) is 12.8 Å². The van der Waals surface area contributed by atoms with E-state index in [1.807, 2.05) is 5.38 Å². The maximum atomic E-state index is 11.3. The van der Waals surface area contributed by atoms with Gasteiger partial charge in [-0.3, -0.25) is 4.79 Å². The molecule has 3 N–H and O–H groups in total. The largest absolute Gasteiger partial charge is 0.317 e. The molecule has 0 radical (unpaired) electrons. The van der Waals surface area contributed by atoms with Gasteiger partial charge in [0.25, 0.3) is 0 Å². The van der Waals surface area contributed by atoms with Crippen LogP contribution in [0.2, 0.25) is 0 Å². The predicted octanol–water partition coefficient (Wildman–Crippen LogP) is 0.573. The van der Waals surface area contributed by atoms with Crippen molar-refractivity contribution >= 4 is 22.4 Å². The summed E-state index contributed by atoms with van der Waals surface area (Å²) < 4.78 is 0. The van der Waals surface area contributed by atoms with Crippen molar-refractivity contribution in [2.45, 2.75) is 18.4 Å². The molecule has 1 heterocycles. The summed E-state index contributed by atoms with van der Waals surface area (Å²) in [7, 11) is 0. The van der Waals surface area contributed by atoms with Gasteiger partial charge in [-0.2, -0.15) is 0 Å². The molecule has 1 saturated carbocycles. The van der Waals surface area contributed by atoms with Crippen molar-refractivity contribution in [3.8, 4) is 0 Å². The molecule has 12 heavy (non-hydrogen) atoms. The van der Waals surface area contributed by atoms with Crippen LogP contribution in [0, 0.1) is 0 Å². The van der Waals surface area contributed by atoms with Gasteiger partial charge in [0, 0.05) is 11.6 Å². The molecule has 2 rings (SSSR count). The molecule has 1 aliphatic rings. The third-order valence-electron chi connectivity index (χ3n) is 1.89. The maximum Gasteiger partial charge on any atom is 0.246 e. The van der Waals surface area contributed by atoms with Crippen molar-refractivity contribution in [2.75, 3.05) is 5.32 Å². The van der Waals surface area contributed by atoms with Gasteiger partial charge in [0.1, 0.15) is 0 Å². The number of amides is 1. The lowest BCUT2D eigenvalue weighted by molar-refractivity contribution is -0.118. The lowest BCUT2D eigenvalue weighted by Gasteiger charge is -2.06. The number of aromatic nitrogens is 1. The summed E-state index contributed by atoms with van der Waals surface area (Å²) in [5.41, 5.74) is 5.07. The van der Waals surface area contributed by atoms with Crippen molar-refractivity contribution in [3.05, 3.63) is 11.6 Å². The van der Waals surface area contributed by atoms with E-state index in [2.05, 4.69) is 10.3 Å². The number of carbonyl (C=O) groups excluding carboxylic acids is 1. The van der Waals surface area contributed by atoms with Crippen LogP contribution in [0.1, 0.15) is 12.8 Å². The van der Waals surface area contributed by atoms with E-state index >= 15 is 0 Å². The van der Waals surface area contributed by atoms with E-state index in [0.29, 0.717) is 5.13 Å². The number of thiazole rings is 1. The third-order valence-corrected chi connectivity index (χ3v) is 2.58.